The van der Waals surface area contributed by atoms with Crippen molar-refractivity contribution in [3.8, 4) is 0 Å². The summed E-state index contributed by atoms with van der Waals surface area (Å²) in [6, 6.07) is 4.92. The minimum absolute atomic E-state index is 0.00767. The molecule has 0 radical (unpaired) electrons. The van der Waals surface area contributed by atoms with Crippen LogP contribution in [0, 0.1) is 13.8 Å². The predicted octanol–water partition coefficient (Wildman–Crippen LogP) is 3.12. The second-order valence-corrected chi connectivity index (χ2v) is 5.02. The number of aliphatic hydroxyl groups excluding tert-OH is 1. The SMILES string of the molecule is Cc1nn(CCO)c(C)c1CNc1ccc(C(F)(F)F)cc1. The summed E-state index contributed by atoms with van der Waals surface area (Å²) in [5.74, 6) is 0. The Morgan fingerprint density at radius 3 is 2.36 bits per heavy atom. The van der Waals surface area contributed by atoms with Crippen LogP contribution in [0.1, 0.15) is 22.5 Å². The van der Waals surface area contributed by atoms with Crippen LogP contribution in [0.3, 0.4) is 0 Å². The molecule has 2 aromatic rings. The van der Waals surface area contributed by atoms with Crippen LogP contribution in [-0.4, -0.2) is 21.5 Å². The Morgan fingerprint density at radius 1 is 1.18 bits per heavy atom. The van der Waals surface area contributed by atoms with Gasteiger partial charge in [0.1, 0.15) is 0 Å². The summed E-state index contributed by atoms with van der Waals surface area (Å²) in [6.07, 6.45) is -4.32. The predicted molar refractivity (Wildman–Crippen MR) is 77.6 cm³/mol. The van der Waals surface area contributed by atoms with E-state index in [1.807, 2.05) is 13.8 Å². The summed E-state index contributed by atoms with van der Waals surface area (Å²) in [6.45, 7) is 4.67. The molecule has 0 aliphatic heterocycles. The number of aliphatic hydroxyl groups is 1. The number of hydrogen-bond donors (Lipinski definition) is 2. The van der Waals surface area contributed by atoms with Crippen molar-refractivity contribution in [3.63, 3.8) is 0 Å². The van der Waals surface area contributed by atoms with Crippen molar-refractivity contribution in [1.82, 2.24) is 9.78 Å². The number of nitrogens with one attached hydrogen (secondary N) is 1. The Labute approximate surface area is 126 Å². The molecule has 0 amide bonds. The number of alkyl halides is 3. The van der Waals surface area contributed by atoms with Gasteiger partial charge in [0.25, 0.3) is 0 Å². The molecule has 4 nitrogen and oxygen atoms in total. The summed E-state index contributed by atoms with van der Waals surface area (Å²) >= 11 is 0. The van der Waals surface area contributed by atoms with E-state index in [0.29, 0.717) is 18.8 Å². The second kappa shape index (κ2) is 6.39. The lowest BCUT2D eigenvalue weighted by molar-refractivity contribution is -0.137. The van der Waals surface area contributed by atoms with Gasteiger partial charge in [-0.25, -0.2) is 0 Å². The van der Waals surface area contributed by atoms with Gasteiger partial charge in [-0.3, -0.25) is 4.68 Å². The number of nitrogens with zero attached hydrogens (tertiary/aromatic N) is 2. The molecule has 0 saturated carbocycles. The van der Waals surface area contributed by atoms with E-state index in [9.17, 15) is 13.2 Å². The molecule has 1 aromatic heterocycles. The average molecular weight is 313 g/mol. The van der Waals surface area contributed by atoms with Crippen molar-refractivity contribution in [2.75, 3.05) is 11.9 Å². The fraction of sp³-hybridized carbons (Fsp3) is 0.400. The topological polar surface area (TPSA) is 50.1 Å². The van der Waals surface area contributed by atoms with Gasteiger partial charge in [0.15, 0.2) is 0 Å². The Hall–Kier alpha value is -2.02. The summed E-state index contributed by atoms with van der Waals surface area (Å²) in [4.78, 5) is 0. The van der Waals surface area contributed by atoms with Crippen LogP contribution in [0.2, 0.25) is 0 Å². The number of rotatable bonds is 5. The zero-order valence-electron chi connectivity index (χ0n) is 12.4. The minimum Gasteiger partial charge on any atom is -0.394 e. The molecule has 2 N–H and O–H groups in total. The van der Waals surface area contributed by atoms with Crippen molar-refractivity contribution in [2.24, 2.45) is 0 Å². The van der Waals surface area contributed by atoms with Crippen molar-refractivity contribution in [3.05, 3.63) is 46.8 Å². The average Bonchev–Trinajstić information content (AvgIpc) is 2.71. The summed E-state index contributed by atoms with van der Waals surface area (Å²) in [5, 5.41) is 16.4. The molecule has 22 heavy (non-hydrogen) atoms. The lowest BCUT2D eigenvalue weighted by Gasteiger charge is -2.10. The number of halogens is 3. The molecule has 0 aliphatic carbocycles. The maximum Gasteiger partial charge on any atom is 0.416 e. The van der Waals surface area contributed by atoms with Crippen LogP contribution in [-0.2, 0) is 19.3 Å². The van der Waals surface area contributed by atoms with E-state index >= 15 is 0 Å². The Morgan fingerprint density at radius 2 is 1.82 bits per heavy atom. The molecule has 2 rings (SSSR count). The largest absolute Gasteiger partial charge is 0.416 e. The Kier molecular flexibility index (Phi) is 4.75. The van der Waals surface area contributed by atoms with Gasteiger partial charge in [-0.1, -0.05) is 0 Å². The normalized spacial score (nSPS) is 11.7. The zero-order chi connectivity index (χ0) is 16.3. The van der Waals surface area contributed by atoms with Crippen LogP contribution in [0.5, 0.6) is 0 Å². The van der Waals surface area contributed by atoms with Crippen LogP contribution in [0.15, 0.2) is 24.3 Å². The van der Waals surface area contributed by atoms with E-state index in [2.05, 4.69) is 10.4 Å². The molecule has 0 saturated heterocycles. The Bertz CT molecular complexity index is 633. The first-order valence-electron chi connectivity index (χ1n) is 6.88. The lowest BCUT2D eigenvalue weighted by Crippen LogP contribution is -2.07. The van der Waals surface area contributed by atoms with Crippen LogP contribution in [0.25, 0.3) is 0 Å². The smallest absolute Gasteiger partial charge is 0.394 e. The van der Waals surface area contributed by atoms with Crippen molar-refractivity contribution in [1.29, 1.82) is 0 Å². The summed E-state index contributed by atoms with van der Waals surface area (Å²) in [7, 11) is 0. The number of anilines is 1. The summed E-state index contributed by atoms with van der Waals surface area (Å²) in [5.41, 5.74) is 2.70. The first kappa shape index (κ1) is 16.4. The molecule has 0 atom stereocenters. The molecular weight excluding hydrogens is 295 g/mol. The van der Waals surface area contributed by atoms with E-state index in [4.69, 9.17) is 5.11 Å². The lowest BCUT2D eigenvalue weighted by atomic mass is 10.1. The molecule has 0 aliphatic rings. The maximum absolute atomic E-state index is 12.5. The molecule has 0 spiro atoms. The number of aromatic nitrogens is 2. The fourth-order valence-corrected chi connectivity index (χ4v) is 2.27. The monoisotopic (exact) mass is 313 g/mol. The van der Waals surface area contributed by atoms with Gasteiger partial charge in [-0.05, 0) is 38.1 Å². The molecule has 1 aromatic carbocycles. The first-order chi connectivity index (χ1) is 10.3. The standard InChI is InChI=1S/C15H18F3N3O/c1-10-14(11(2)21(20-10)7-8-22)9-19-13-5-3-12(4-6-13)15(16,17)18/h3-6,19,22H,7-9H2,1-2H3. The van der Waals surface area contributed by atoms with Gasteiger partial charge < -0.3 is 10.4 Å². The van der Waals surface area contributed by atoms with Gasteiger partial charge in [0.2, 0.25) is 0 Å². The van der Waals surface area contributed by atoms with Gasteiger partial charge in [-0.15, -0.1) is 0 Å². The van der Waals surface area contributed by atoms with E-state index in [1.165, 1.54) is 12.1 Å². The molecule has 0 fully saturated rings. The van der Waals surface area contributed by atoms with Crippen molar-refractivity contribution in [2.45, 2.75) is 33.1 Å². The second-order valence-electron chi connectivity index (χ2n) is 5.02. The van der Waals surface area contributed by atoms with Crippen molar-refractivity contribution >= 4 is 5.69 Å². The molecule has 1 heterocycles. The van der Waals surface area contributed by atoms with Gasteiger partial charge in [-0.2, -0.15) is 18.3 Å². The maximum atomic E-state index is 12.5. The fourth-order valence-electron chi connectivity index (χ4n) is 2.27. The van der Waals surface area contributed by atoms with Crippen LogP contribution < -0.4 is 5.32 Å². The highest BCUT2D eigenvalue weighted by atomic mass is 19.4. The van der Waals surface area contributed by atoms with Gasteiger partial charge in [0, 0.05) is 23.5 Å². The summed E-state index contributed by atoms with van der Waals surface area (Å²) < 4.78 is 39.2. The number of benzene rings is 1. The number of hydrogen-bond acceptors (Lipinski definition) is 3. The van der Waals surface area contributed by atoms with Gasteiger partial charge >= 0.3 is 6.18 Å². The Balaban J connectivity index is 2.07. The third kappa shape index (κ3) is 3.59. The van der Waals surface area contributed by atoms with E-state index in [0.717, 1.165) is 29.1 Å². The molecule has 120 valence electrons. The number of aryl methyl sites for hydroxylation is 1. The third-order valence-electron chi connectivity index (χ3n) is 3.52. The first-order valence-corrected chi connectivity index (χ1v) is 6.88. The molecular formula is C15H18F3N3O. The van der Waals surface area contributed by atoms with Crippen LogP contribution >= 0.6 is 0 Å². The molecule has 0 unspecified atom stereocenters. The highest BCUT2D eigenvalue weighted by Crippen LogP contribution is 2.30. The zero-order valence-corrected chi connectivity index (χ0v) is 12.4. The molecule has 7 heteroatoms. The van der Waals surface area contributed by atoms with E-state index in [1.54, 1.807) is 4.68 Å². The van der Waals surface area contributed by atoms with E-state index < -0.39 is 11.7 Å². The highest BCUT2D eigenvalue weighted by Gasteiger charge is 2.29. The quantitative estimate of drug-likeness (QED) is 0.891. The minimum atomic E-state index is -4.32. The highest BCUT2D eigenvalue weighted by molar-refractivity contribution is 5.46. The molecule has 0 bridgehead atoms. The van der Waals surface area contributed by atoms with E-state index in [-0.39, 0.29) is 6.61 Å². The van der Waals surface area contributed by atoms with Gasteiger partial charge in [0.05, 0.1) is 24.4 Å². The van der Waals surface area contributed by atoms with Crippen molar-refractivity contribution < 1.29 is 18.3 Å². The third-order valence-corrected chi connectivity index (χ3v) is 3.52. The van der Waals surface area contributed by atoms with Crippen LogP contribution in [0.4, 0.5) is 18.9 Å².